The molecule has 0 aliphatic heterocycles. The Morgan fingerprint density at radius 3 is 2.29 bits per heavy atom. The Bertz CT molecular complexity index is 438. The molecular formula is C14H21Cl2N3O2. The van der Waals surface area contributed by atoms with Crippen molar-refractivity contribution in [3.63, 3.8) is 0 Å². The van der Waals surface area contributed by atoms with Crippen LogP contribution < -0.4 is 16.4 Å². The summed E-state index contributed by atoms with van der Waals surface area (Å²) in [4.78, 5) is 22.9. The largest absolute Gasteiger partial charge is 0.356 e. The van der Waals surface area contributed by atoms with Crippen molar-refractivity contribution >= 4 is 41.5 Å². The van der Waals surface area contributed by atoms with E-state index in [0.29, 0.717) is 49.5 Å². The van der Waals surface area contributed by atoms with Gasteiger partial charge in [-0.3, -0.25) is 9.59 Å². The molecule has 1 rings (SSSR count). The highest BCUT2D eigenvalue weighted by Gasteiger charge is 2.03. The minimum atomic E-state index is -0.0801. The normalized spacial score (nSPS) is 9.62. The summed E-state index contributed by atoms with van der Waals surface area (Å²) in [6.45, 7) is 1.01. The molecule has 0 saturated carbocycles. The minimum Gasteiger partial charge on any atom is -0.356 e. The van der Waals surface area contributed by atoms with Gasteiger partial charge in [-0.2, -0.15) is 0 Å². The Morgan fingerprint density at radius 2 is 1.67 bits per heavy atom. The lowest BCUT2D eigenvalue weighted by Crippen LogP contribution is -2.25. The predicted octanol–water partition coefficient (Wildman–Crippen LogP) is 2.34. The van der Waals surface area contributed by atoms with Crippen molar-refractivity contribution in [2.75, 3.05) is 18.4 Å². The third kappa shape index (κ3) is 9.28. The molecule has 7 heteroatoms. The van der Waals surface area contributed by atoms with Gasteiger partial charge in [-0.05, 0) is 43.7 Å². The molecule has 0 bridgehead atoms. The molecule has 2 amide bonds. The Hall–Kier alpha value is -1.30. The fraction of sp³-hybridized carbons (Fsp3) is 0.429. The first-order chi connectivity index (χ1) is 9.61. The number of halogens is 2. The molecule has 0 spiro atoms. The maximum atomic E-state index is 11.6. The van der Waals surface area contributed by atoms with E-state index in [4.69, 9.17) is 17.3 Å². The molecule has 118 valence electrons. The van der Waals surface area contributed by atoms with Crippen LogP contribution in [0.2, 0.25) is 5.02 Å². The molecule has 0 saturated heterocycles. The summed E-state index contributed by atoms with van der Waals surface area (Å²) in [6, 6.07) is 6.92. The van der Waals surface area contributed by atoms with Crippen LogP contribution in [0.25, 0.3) is 0 Å². The van der Waals surface area contributed by atoms with Crippen molar-refractivity contribution in [1.82, 2.24) is 5.32 Å². The van der Waals surface area contributed by atoms with E-state index in [1.165, 1.54) is 0 Å². The molecule has 0 radical (unpaired) electrons. The van der Waals surface area contributed by atoms with E-state index in [0.717, 1.165) is 0 Å². The lowest BCUT2D eigenvalue weighted by molar-refractivity contribution is -0.121. The molecule has 0 fully saturated rings. The van der Waals surface area contributed by atoms with Crippen molar-refractivity contribution in [1.29, 1.82) is 0 Å². The summed E-state index contributed by atoms with van der Waals surface area (Å²) in [5, 5.41) is 6.14. The highest BCUT2D eigenvalue weighted by Crippen LogP contribution is 2.13. The van der Waals surface area contributed by atoms with Gasteiger partial charge in [-0.1, -0.05) is 11.6 Å². The standard InChI is InChI=1S/C14H20ClN3O2.ClH/c15-11-5-7-12(8-6-11)18-14(20)4-2-10-17-13(19)3-1-9-16;/h5-8H,1-4,9-10,16H2,(H,17,19)(H,18,20);1H. The zero-order valence-corrected chi connectivity index (χ0v) is 13.3. The predicted molar refractivity (Wildman–Crippen MR) is 87.9 cm³/mol. The molecule has 0 heterocycles. The molecule has 1 aromatic carbocycles. The highest BCUT2D eigenvalue weighted by atomic mass is 35.5. The second kappa shape index (κ2) is 11.4. The summed E-state index contributed by atoms with van der Waals surface area (Å²) >= 11 is 5.76. The third-order valence-electron chi connectivity index (χ3n) is 2.64. The summed E-state index contributed by atoms with van der Waals surface area (Å²) in [6.07, 6.45) is 2.09. The van der Waals surface area contributed by atoms with E-state index >= 15 is 0 Å². The topological polar surface area (TPSA) is 84.2 Å². The number of carbonyl (C=O) groups excluding carboxylic acids is 2. The van der Waals surface area contributed by atoms with Crippen LogP contribution in [-0.4, -0.2) is 24.9 Å². The van der Waals surface area contributed by atoms with Crippen LogP contribution in [-0.2, 0) is 9.59 Å². The Morgan fingerprint density at radius 1 is 1.05 bits per heavy atom. The van der Waals surface area contributed by atoms with Crippen molar-refractivity contribution in [2.45, 2.75) is 25.7 Å². The molecule has 0 atom stereocenters. The molecule has 5 nitrogen and oxygen atoms in total. The Balaban J connectivity index is 0.00000400. The lowest BCUT2D eigenvalue weighted by atomic mass is 10.2. The smallest absolute Gasteiger partial charge is 0.224 e. The van der Waals surface area contributed by atoms with Crippen LogP contribution in [0.4, 0.5) is 5.69 Å². The lowest BCUT2D eigenvalue weighted by Gasteiger charge is -2.06. The molecular weight excluding hydrogens is 313 g/mol. The number of rotatable bonds is 8. The molecule has 0 aromatic heterocycles. The fourth-order valence-electron chi connectivity index (χ4n) is 1.58. The zero-order valence-electron chi connectivity index (χ0n) is 11.7. The number of nitrogens with one attached hydrogen (secondary N) is 2. The quantitative estimate of drug-likeness (QED) is 0.638. The van der Waals surface area contributed by atoms with E-state index in [1.54, 1.807) is 24.3 Å². The van der Waals surface area contributed by atoms with Gasteiger partial charge in [0, 0.05) is 30.1 Å². The molecule has 0 aliphatic rings. The average Bonchev–Trinajstić information content (AvgIpc) is 2.44. The van der Waals surface area contributed by atoms with Gasteiger partial charge in [0.25, 0.3) is 0 Å². The molecule has 21 heavy (non-hydrogen) atoms. The Labute approximate surface area is 136 Å². The number of benzene rings is 1. The molecule has 1 aromatic rings. The second-order valence-corrected chi connectivity index (χ2v) is 4.84. The van der Waals surface area contributed by atoms with Gasteiger partial charge in [0.2, 0.25) is 11.8 Å². The van der Waals surface area contributed by atoms with Crippen LogP contribution in [0.5, 0.6) is 0 Å². The molecule has 4 N–H and O–H groups in total. The third-order valence-corrected chi connectivity index (χ3v) is 2.89. The van der Waals surface area contributed by atoms with Crippen LogP contribution in [0, 0.1) is 0 Å². The van der Waals surface area contributed by atoms with Crippen LogP contribution in [0.15, 0.2) is 24.3 Å². The average molecular weight is 334 g/mol. The fourth-order valence-corrected chi connectivity index (χ4v) is 1.71. The van der Waals surface area contributed by atoms with Gasteiger partial charge in [-0.15, -0.1) is 12.4 Å². The molecule has 0 unspecified atom stereocenters. The Kier molecular flexibility index (Phi) is 10.7. The zero-order chi connectivity index (χ0) is 14.8. The second-order valence-electron chi connectivity index (χ2n) is 4.40. The van der Waals surface area contributed by atoms with E-state index in [1.807, 2.05) is 0 Å². The van der Waals surface area contributed by atoms with Crippen LogP contribution in [0.1, 0.15) is 25.7 Å². The highest BCUT2D eigenvalue weighted by molar-refractivity contribution is 6.30. The van der Waals surface area contributed by atoms with Gasteiger partial charge >= 0.3 is 0 Å². The van der Waals surface area contributed by atoms with Gasteiger partial charge < -0.3 is 16.4 Å². The monoisotopic (exact) mass is 333 g/mol. The first kappa shape index (κ1) is 19.7. The van der Waals surface area contributed by atoms with Crippen molar-refractivity contribution in [3.05, 3.63) is 29.3 Å². The summed E-state index contributed by atoms with van der Waals surface area (Å²) in [7, 11) is 0. The number of anilines is 1. The first-order valence-corrected chi connectivity index (χ1v) is 7.02. The van der Waals surface area contributed by atoms with Gasteiger partial charge in [-0.25, -0.2) is 0 Å². The maximum absolute atomic E-state index is 11.6. The van der Waals surface area contributed by atoms with Gasteiger partial charge in [0.05, 0.1) is 0 Å². The SMILES string of the molecule is Cl.NCCCC(=O)NCCCC(=O)Nc1ccc(Cl)cc1. The summed E-state index contributed by atoms with van der Waals surface area (Å²) in [5.74, 6) is -0.0999. The van der Waals surface area contributed by atoms with Gasteiger partial charge in [0.15, 0.2) is 0 Å². The summed E-state index contributed by atoms with van der Waals surface area (Å²) in [5.41, 5.74) is 6.03. The van der Waals surface area contributed by atoms with E-state index < -0.39 is 0 Å². The van der Waals surface area contributed by atoms with Crippen molar-refractivity contribution in [2.24, 2.45) is 5.73 Å². The molecule has 0 aliphatic carbocycles. The number of hydrogen-bond donors (Lipinski definition) is 3. The first-order valence-electron chi connectivity index (χ1n) is 6.64. The summed E-state index contributed by atoms with van der Waals surface area (Å²) < 4.78 is 0. The van der Waals surface area contributed by atoms with Crippen LogP contribution in [0.3, 0.4) is 0 Å². The van der Waals surface area contributed by atoms with Crippen LogP contribution >= 0.6 is 24.0 Å². The van der Waals surface area contributed by atoms with E-state index in [-0.39, 0.29) is 24.2 Å². The number of amides is 2. The number of hydrogen-bond acceptors (Lipinski definition) is 3. The van der Waals surface area contributed by atoms with Crippen molar-refractivity contribution in [3.8, 4) is 0 Å². The van der Waals surface area contributed by atoms with Crippen molar-refractivity contribution < 1.29 is 9.59 Å². The van der Waals surface area contributed by atoms with Gasteiger partial charge in [0.1, 0.15) is 0 Å². The number of carbonyl (C=O) groups is 2. The maximum Gasteiger partial charge on any atom is 0.224 e. The minimum absolute atomic E-state index is 0. The van der Waals surface area contributed by atoms with E-state index in [2.05, 4.69) is 10.6 Å². The van der Waals surface area contributed by atoms with E-state index in [9.17, 15) is 9.59 Å². The number of nitrogens with two attached hydrogens (primary N) is 1.